The highest BCUT2D eigenvalue weighted by atomic mass is 16.5. The number of fused-ring (bicyclic) bond motifs is 1. The number of carbonyl (C=O) groups excluding carboxylic acids is 1. The Labute approximate surface area is 180 Å². The van der Waals surface area contributed by atoms with E-state index < -0.39 is 0 Å². The molecule has 5 rings (SSSR count). The highest BCUT2D eigenvalue weighted by Crippen LogP contribution is 2.30. The third-order valence-electron chi connectivity index (χ3n) is 5.93. The fraction of sp³-hybridized carbons (Fsp3) is 0.240. The molecule has 0 saturated carbocycles. The fourth-order valence-corrected chi connectivity index (χ4v) is 4.22. The van der Waals surface area contributed by atoms with Gasteiger partial charge in [-0.1, -0.05) is 53.7 Å². The molecule has 2 heterocycles. The van der Waals surface area contributed by atoms with E-state index in [1.807, 2.05) is 79.0 Å². The number of hydrogen-bond donors (Lipinski definition) is 1. The van der Waals surface area contributed by atoms with Gasteiger partial charge in [-0.05, 0) is 48.0 Å². The first-order valence-electron chi connectivity index (χ1n) is 10.6. The van der Waals surface area contributed by atoms with Crippen LogP contribution in [0.4, 0.5) is 0 Å². The molecule has 0 radical (unpaired) electrons. The third-order valence-corrected chi connectivity index (χ3v) is 5.93. The smallest absolute Gasteiger partial charge is 0.338 e. The van der Waals surface area contributed by atoms with Gasteiger partial charge >= 0.3 is 5.97 Å². The summed E-state index contributed by atoms with van der Waals surface area (Å²) in [6.45, 7) is 2.05. The fourth-order valence-electron chi connectivity index (χ4n) is 4.22. The van der Waals surface area contributed by atoms with Crippen LogP contribution in [0, 0.1) is 5.92 Å². The summed E-state index contributed by atoms with van der Waals surface area (Å²) in [7, 11) is 0. The Bertz CT molecular complexity index is 1190. The second-order valence-corrected chi connectivity index (χ2v) is 7.94. The molecule has 6 nitrogen and oxygen atoms in total. The highest BCUT2D eigenvalue weighted by molar-refractivity contribution is 5.95. The average Bonchev–Trinajstić information content (AvgIpc) is 3.33. The number of benzene rings is 3. The molecule has 1 aliphatic rings. The first-order chi connectivity index (χ1) is 15.3. The van der Waals surface area contributed by atoms with E-state index in [2.05, 4.69) is 15.6 Å². The quantitative estimate of drug-likeness (QED) is 0.503. The molecule has 0 aliphatic carbocycles. The molecule has 1 saturated heterocycles. The van der Waals surface area contributed by atoms with Crippen LogP contribution >= 0.6 is 0 Å². The molecule has 2 atom stereocenters. The summed E-state index contributed by atoms with van der Waals surface area (Å²) in [6.07, 6.45) is 2.93. The van der Waals surface area contributed by atoms with E-state index in [0.717, 1.165) is 41.7 Å². The van der Waals surface area contributed by atoms with E-state index in [9.17, 15) is 4.79 Å². The normalized spacial score (nSPS) is 18.7. The Kier molecular flexibility index (Phi) is 5.46. The summed E-state index contributed by atoms with van der Waals surface area (Å²) in [6, 6.07) is 23.6. The van der Waals surface area contributed by atoms with Gasteiger partial charge in [0.1, 0.15) is 0 Å². The van der Waals surface area contributed by atoms with Crippen molar-refractivity contribution in [3.8, 4) is 5.69 Å². The molecule has 6 heteroatoms. The van der Waals surface area contributed by atoms with Crippen molar-refractivity contribution in [3.63, 3.8) is 0 Å². The summed E-state index contributed by atoms with van der Waals surface area (Å²) in [4.78, 5) is 12.7. The number of esters is 1. The zero-order valence-corrected chi connectivity index (χ0v) is 17.1. The van der Waals surface area contributed by atoms with Crippen LogP contribution in [-0.2, 0) is 4.74 Å². The molecule has 4 aromatic rings. The van der Waals surface area contributed by atoms with Crippen LogP contribution in [0.2, 0.25) is 0 Å². The van der Waals surface area contributed by atoms with Crippen molar-refractivity contribution >= 4 is 16.7 Å². The van der Waals surface area contributed by atoms with E-state index in [0.29, 0.717) is 12.2 Å². The lowest BCUT2D eigenvalue weighted by molar-refractivity contribution is 0.0400. The van der Waals surface area contributed by atoms with Gasteiger partial charge in [0.2, 0.25) is 0 Å². The summed E-state index contributed by atoms with van der Waals surface area (Å²) >= 11 is 0. The van der Waals surface area contributed by atoms with Crippen molar-refractivity contribution < 1.29 is 9.53 Å². The van der Waals surface area contributed by atoms with E-state index in [1.54, 1.807) is 4.68 Å². The zero-order chi connectivity index (χ0) is 21.0. The molecule has 1 aromatic heterocycles. The summed E-state index contributed by atoms with van der Waals surface area (Å²) in [5, 5.41) is 14.3. The lowest BCUT2D eigenvalue weighted by Gasteiger charge is -2.30. The molecule has 1 fully saturated rings. The number of ether oxygens (including phenoxy) is 1. The minimum absolute atomic E-state index is 0.152. The molecule has 31 heavy (non-hydrogen) atoms. The molecule has 3 aromatic carbocycles. The number of para-hydroxylation sites is 1. The van der Waals surface area contributed by atoms with Crippen LogP contribution < -0.4 is 5.32 Å². The summed E-state index contributed by atoms with van der Waals surface area (Å²) < 4.78 is 7.53. The molecular formula is C25H24N4O2. The summed E-state index contributed by atoms with van der Waals surface area (Å²) in [5.74, 6) is 0.0604. The number of aromatic nitrogens is 3. The van der Waals surface area contributed by atoms with Crippen LogP contribution in [0.5, 0.6) is 0 Å². The number of nitrogens with one attached hydrogen (secondary N) is 1. The number of nitrogens with zero attached hydrogens (tertiary/aromatic N) is 3. The van der Waals surface area contributed by atoms with Crippen molar-refractivity contribution in [1.29, 1.82) is 0 Å². The van der Waals surface area contributed by atoms with Crippen LogP contribution in [0.1, 0.15) is 28.4 Å². The zero-order valence-electron chi connectivity index (χ0n) is 17.1. The molecule has 0 amide bonds. The van der Waals surface area contributed by atoms with Crippen LogP contribution in [-0.4, -0.2) is 40.7 Å². The van der Waals surface area contributed by atoms with Crippen LogP contribution in [0.3, 0.4) is 0 Å². The lowest BCUT2D eigenvalue weighted by Crippen LogP contribution is -2.38. The van der Waals surface area contributed by atoms with Crippen molar-refractivity contribution in [1.82, 2.24) is 20.3 Å². The summed E-state index contributed by atoms with van der Waals surface area (Å²) in [5.41, 5.74) is 2.50. The first kappa shape index (κ1) is 19.5. The van der Waals surface area contributed by atoms with Gasteiger partial charge in [-0.25, -0.2) is 9.48 Å². The van der Waals surface area contributed by atoms with Gasteiger partial charge in [0, 0.05) is 18.4 Å². The lowest BCUT2D eigenvalue weighted by atomic mass is 9.85. The maximum Gasteiger partial charge on any atom is 0.338 e. The number of rotatable bonds is 5. The molecule has 1 aliphatic heterocycles. The van der Waals surface area contributed by atoms with Gasteiger partial charge in [0.25, 0.3) is 0 Å². The number of carbonyl (C=O) groups is 1. The highest BCUT2D eigenvalue weighted by Gasteiger charge is 2.30. The van der Waals surface area contributed by atoms with Gasteiger partial charge in [-0.3, -0.25) is 0 Å². The Morgan fingerprint density at radius 1 is 1.03 bits per heavy atom. The second-order valence-electron chi connectivity index (χ2n) is 7.94. The van der Waals surface area contributed by atoms with Crippen LogP contribution in [0.15, 0.2) is 79.0 Å². The van der Waals surface area contributed by atoms with Crippen molar-refractivity contribution in [2.24, 2.45) is 5.92 Å². The van der Waals surface area contributed by atoms with Gasteiger partial charge in [-0.15, -0.1) is 5.10 Å². The topological polar surface area (TPSA) is 69.0 Å². The molecular weight excluding hydrogens is 388 g/mol. The Morgan fingerprint density at radius 2 is 1.84 bits per heavy atom. The van der Waals surface area contributed by atoms with Gasteiger partial charge in [-0.2, -0.15) is 0 Å². The molecule has 0 spiro atoms. The average molecular weight is 412 g/mol. The van der Waals surface area contributed by atoms with E-state index in [1.165, 1.54) is 0 Å². The maximum absolute atomic E-state index is 12.7. The van der Waals surface area contributed by atoms with Crippen molar-refractivity contribution in [2.45, 2.75) is 12.3 Å². The molecule has 0 unspecified atom stereocenters. The van der Waals surface area contributed by atoms with Crippen LogP contribution in [0.25, 0.3) is 16.5 Å². The number of hydrogen-bond acceptors (Lipinski definition) is 5. The number of piperidine rings is 1. The van der Waals surface area contributed by atoms with Crippen molar-refractivity contribution in [3.05, 3.63) is 90.3 Å². The van der Waals surface area contributed by atoms with Gasteiger partial charge < -0.3 is 10.1 Å². The third kappa shape index (κ3) is 4.20. The molecule has 1 N–H and O–H groups in total. The maximum atomic E-state index is 12.7. The molecule has 156 valence electrons. The Balaban J connectivity index is 1.28. The Hall–Kier alpha value is -3.51. The predicted octanol–water partition coefficient (Wildman–Crippen LogP) is 3.97. The van der Waals surface area contributed by atoms with Gasteiger partial charge in [0.05, 0.1) is 29.7 Å². The Morgan fingerprint density at radius 3 is 2.71 bits per heavy atom. The van der Waals surface area contributed by atoms with E-state index in [-0.39, 0.29) is 17.8 Å². The predicted molar refractivity (Wildman–Crippen MR) is 119 cm³/mol. The second kappa shape index (κ2) is 8.70. The van der Waals surface area contributed by atoms with Crippen molar-refractivity contribution in [2.75, 3.05) is 19.7 Å². The largest absolute Gasteiger partial charge is 0.462 e. The standard InChI is InChI=1S/C25H24N4O2/c30-25(20-11-10-18-6-4-5-7-19(18)14-20)31-17-21-15-26-13-12-23(21)24-16-29(28-27-24)22-8-2-1-3-9-22/h1-11,14,16,21,23,26H,12-13,15,17H2/t21-,23+/m1/s1. The molecule has 0 bridgehead atoms. The SMILES string of the molecule is O=C(OC[C@H]1CNCC[C@@H]1c1cn(-c2ccccc2)nn1)c1ccc2ccccc2c1. The minimum Gasteiger partial charge on any atom is -0.462 e. The monoisotopic (exact) mass is 412 g/mol. The van der Waals surface area contributed by atoms with E-state index >= 15 is 0 Å². The van der Waals surface area contributed by atoms with E-state index in [4.69, 9.17) is 4.74 Å². The first-order valence-corrected chi connectivity index (χ1v) is 10.6. The minimum atomic E-state index is -0.289. The van der Waals surface area contributed by atoms with Gasteiger partial charge in [0.15, 0.2) is 0 Å².